The zero-order valence-corrected chi connectivity index (χ0v) is 11.9. The van der Waals surface area contributed by atoms with E-state index < -0.39 is 0 Å². The minimum Gasteiger partial charge on any atom is -0.354 e. The molecule has 20 heavy (non-hydrogen) atoms. The molecule has 2 atom stereocenters. The van der Waals surface area contributed by atoms with Crippen molar-refractivity contribution in [2.45, 2.75) is 24.8 Å². The summed E-state index contributed by atoms with van der Waals surface area (Å²) in [6.07, 6.45) is 1.77. The van der Waals surface area contributed by atoms with Crippen molar-refractivity contribution in [1.29, 1.82) is 0 Å². The topological polar surface area (TPSA) is 49.4 Å². The lowest BCUT2D eigenvalue weighted by molar-refractivity contribution is -0.123. The molecule has 1 aromatic rings. The molecule has 2 aliphatic rings. The molecule has 1 aromatic carbocycles. The Kier molecular flexibility index (Phi) is 3.66. The predicted octanol–water partition coefficient (Wildman–Crippen LogP) is 1.78. The van der Waals surface area contributed by atoms with Crippen LogP contribution in [0.2, 0.25) is 0 Å². The second-order valence-corrected chi connectivity index (χ2v) is 5.66. The number of piperidine rings is 1. The number of benzene rings is 1. The summed E-state index contributed by atoms with van der Waals surface area (Å²) >= 11 is 5.76. The third kappa shape index (κ3) is 2.29. The Morgan fingerprint density at radius 3 is 2.80 bits per heavy atom. The van der Waals surface area contributed by atoms with E-state index in [1.807, 2.05) is 29.2 Å². The van der Waals surface area contributed by atoms with Crippen molar-refractivity contribution in [1.82, 2.24) is 10.2 Å². The van der Waals surface area contributed by atoms with Crippen LogP contribution in [0.5, 0.6) is 0 Å². The normalized spacial score (nSPS) is 25.2. The zero-order chi connectivity index (χ0) is 14.1. The Hall–Kier alpha value is -1.55. The van der Waals surface area contributed by atoms with Crippen molar-refractivity contribution in [3.8, 4) is 0 Å². The molecule has 2 heterocycles. The first-order valence-corrected chi connectivity index (χ1v) is 7.48. The van der Waals surface area contributed by atoms with Crippen molar-refractivity contribution in [2.75, 3.05) is 13.1 Å². The van der Waals surface area contributed by atoms with E-state index in [0.717, 1.165) is 24.9 Å². The molecular weight excluding hydrogens is 276 g/mol. The Morgan fingerprint density at radius 1 is 1.35 bits per heavy atom. The van der Waals surface area contributed by atoms with Crippen molar-refractivity contribution in [2.24, 2.45) is 5.92 Å². The monoisotopic (exact) mass is 292 g/mol. The average Bonchev–Trinajstić information content (AvgIpc) is 2.88. The molecule has 5 heteroatoms. The van der Waals surface area contributed by atoms with E-state index in [1.165, 1.54) is 0 Å². The number of carbonyl (C=O) groups is 2. The van der Waals surface area contributed by atoms with Crippen LogP contribution in [-0.2, 0) is 10.7 Å². The first-order chi connectivity index (χ1) is 9.70. The van der Waals surface area contributed by atoms with E-state index in [2.05, 4.69) is 5.32 Å². The summed E-state index contributed by atoms with van der Waals surface area (Å²) in [6.45, 7) is 1.31. The molecule has 0 bridgehead atoms. The van der Waals surface area contributed by atoms with E-state index in [9.17, 15) is 9.59 Å². The van der Waals surface area contributed by atoms with E-state index in [-0.39, 0.29) is 23.8 Å². The second kappa shape index (κ2) is 5.44. The van der Waals surface area contributed by atoms with Gasteiger partial charge in [0.15, 0.2) is 0 Å². The largest absolute Gasteiger partial charge is 0.354 e. The molecule has 2 saturated heterocycles. The summed E-state index contributed by atoms with van der Waals surface area (Å²) < 4.78 is 0. The third-order valence-corrected chi connectivity index (χ3v) is 4.53. The van der Waals surface area contributed by atoms with Crippen LogP contribution in [0.1, 0.15) is 28.8 Å². The summed E-state index contributed by atoms with van der Waals surface area (Å²) in [5.41, 5.74) is 1.66. The van der Waals surface area contributed by atoms with Crippen LogP contribution >= 0.6 is 11.6 Å². The standard InChI is InChI=1S/C15H17ClN2O2/c16-8-10-3-5-11(6-4-10)15(20)18-7-1-2-12-13(18)9-17-14(12)19/h3-6,12-13H,1-2,7-9H2,(H,17,19). The summed E-state index contributed by atoms with van der Waals surface area (Å²) in [7, 11) is 0. The summed E-state index contributed by atoms with van der Waals surface area (Å²) in [4.78, 5) is 26.2. The number of fused-ring (bicyclic) bond motifs is 1. The van der Waals surface area contributed by atoms with E-state index in [0.29, 0.717) is 18.0 Å². The van der Waals surface area contributed by atoms with Crippen LogP contribution in [0.25, 0.3) is 0 Å². The fourth-order valence-corrected chi connectivity index (χ4v) is 3.28. The third-order valence-electron chi connectivity index (χ3n) is 4.22. The summed E-state index contributed by atoms with van der Waals surface area (Å²) in [5.74, 6) is 0.513. The van der Waals surface area contributed by atoms with Gasteiger partial charge >= 0.3 is 0 Å². The maximum atomic E-state index is 12.6. The van der Waals surface area contributed by atoms with Gasteiger partial charge in [-0.05, 0) is 30.5 Å². The molecule has 106 valence electrons. The van der Waals surface area contributed by atoms with Crippen molar-refractivity contribution in [3.05, 3.63) is 35.4 Å². The highest BCUT2D eigenvalue weighted by Crippen LogP contribution is 2.28. The number of alkyl halides is 1. The molecule has 2 aliphatic heterocycles. The number of carbonyl (C=O) groups excluding carboxylic acids is 2. The van der Waals surface area contributed by atoms with Gasteiger partial charge in [0.2, 0.25) is 5.91 Å². The predicted molar refractivity (Wildman–Crippen MR) is 76.6 cm³/mol. The van der Waals surface area contributed by atoms with Crippen molar-refractivity contribution >= 4 is 23.4 Å². The molecule has 4 nitrogen and oxygen atoms in total. The molecule has 0 radical (unpaired) electrons. The maximum Gasteiger partial charge on any atom is 0.254 e. The molecular formula is C15H17ClN2O2. The van der Waals surface area contributed by atoms with Gasteiger partial charge in [0.25, 0.3) is 5.91 Å². The van der Waals surface area contributed by atoms with Crippen LogP contribution in [-0.4, -0.2) is 35.8 Å². The first-order valence-electron chi connectivity index (χ1n) is 6.94. The lowest BCUT2D eigenvalue weighted by Crippen LogP contribution is -2.48. The second-order valence-electron chi connectivity index (χ2n) is 5.39. The fraction of sp³-hybridized carbons (Fsp3) is 0.467. The van der Waals surface area contributed by atoms with Crippen LogP contribution in [0, 0.1) is 5.92 Å². The van der Waals surface area contributed by atoms with Gasteiger partial charge in [0, 0.05) is 24.5 Å². The highest BCUT2D eigenvalue weighted by Gasteiger charge is 2.42. The highest BCUT2D eigenvalue weighted by atomic mass is 35.5. The zero-order valence-electron chi connectivity index (χ0n) is 11.1. The molecule has 0 spiro atoms. The van der Waals surface area contributed by atoms with Gasteiger partial charge in [-0.25, -0.2) is 0 Å². The summed E-state index contributed by atoms with van der Waals surface area (Å²) in [5, 5.41) is 2.87. The Bertz CT molecular complexity index is 529. The average molecular weight is 293 g/mol. The van der Waals surface area contributed by atoms with Gasteiger partial charge in [-0.2, -0.15) is 0 Å². The highest BCUT2D eigenvalue weighted by molar-refractivity contribution is 6.17. The number of likely N-dealkylation sites (tertiary alicyclic amines) is 1. The van der Waals surface area contributed by atoms with Gasteiger partial charge < -0.3 is 10.2 Å². The SMILES string of the molecule is O=C1NCC2C1CCCN2C(=O)c1ccc(CCl)cc1. The summed E-state index contributed by atoms with van der Waals surface area (Å²) in [6, 6.07) is 7.39. The van der Waals surface area contributed by atoms with Gasteiger partial charge in [0.05, 0.1) is 12.0 Å². The van der Waals surface area contributed by atoms with Crippen LogP contribution in [0.15, 0.2) is 24.3 Å². The van der Waals surface area contributed by atoms with E-state index >= 15 is 0 Å². The molecule has 0 saturated carbocycles. The first kappa shape index (κ1) is 13.4. The molecule has 0 aromatic heterocycles. The van der Waals surface area contributed by atoms with Crippen LogP contribution in [0.4, 0.5) is 0 Å². The molecule has 2 fully saturated rings. The van der Waals surface area contributed by atoms with E-state index in [4.69, 9.17) is 11.6 Å². The Balaban J connectivity index is 1.80. The number of nitrogens with one attached hydrogen (secondary N) is 1. The number of halogens is 1. The molecule has 1 N–H and O–H groups in total. The van der Waals surface area contributed by atoms with Gasteiger partial charge in [-0.3, -0.25) is 9.59 Å². The number of nitrogens with zero attached hydrogens (tertiary/aromatic N) is 1. The smallest absolute Gasteiger partial charge is 0.254 e. The van der Waals surface area contributed by atoms with Crippen molar-refractivity contribution in [3.63, 3.8) is 0 Å². The van der Waals surface area contributed by atoms with Crippen LogP contribution in [0.3, 0.4) is 0 Å². The lowest BCUT2D eigenvalue weighted by atomic mass is 9.91. The minimum atomic E-state index is -0.0326. The quantitative estimate of drug-likeness (QED) is 0.845. The number of rotatable bonds is 2. The van der Waals surface area contributed by atoms with Crippen LogP contribution < -0.4 is 5.32 Å². The molecule has 2 amide bonds. The number of hydrogen-bond donors (Lipinski definition) is 1. The number of hydrogen-bond acceptors (Lipinski definition) is 2. The minimum absolute atomic E-state index is 0.0106. The maximum absolute atomic E-state index is 12.6. The van der Waals surface area contributed by atoms with Gasteiger partial charge in [0.1, 0.15) is 0 Å². The van der Waals surface area contributed by atoms with Crippen molar-refractivity contribution < 1.29 is 9.59 Å². The Morgan fingerprint density at radius 2 is 2.10 bits per heavy atom. The Labute approximate surface area is 123 Å². The lowest BCUT2D eigenvalue weighted by Gasteiger charge is -2.36. The van der Waals surface area contributed by atoms with Gasteiger partial charge in [-0.15, -0.1) is 11.6 Å². The van der Waals surface area contributed by atoms with Gasteiger partial charge in [-0.1, -0.05) is 12.1 Å². The number of amides is 2. The molecule has 3 rings (SSSR count). The molecule has 2 unspecified atom stereocenters. The van der Waals surface area contributed by atoms with E-state index in [1.54, 1.807) is 0 Å². The molecule has 0 aliphatic carbocycles. The fourth-order valence-electron chi connectivity index (χ4n) is 3.11.